The topological polar surface area (TPSA) is 237 Å². The van der Waals surface area contributed by atoms with Gasteiger partial charge in [-0.3, -0.25) is 37.3 Å². The second-order valence-corrected chi connectivity index (χ2v) is 29.3. The quantitative estimate of drug-likeness (QED) is 0.0222. The number of rotatable bonds is 70. The van der Waals surface area contributed by atoms with E-state index in [1.54, 1.807) is 0 Å². The molecule has 0 spiro atoms. The van der Waals surface area contributed by atoms with Gasteiger partial charge in [-0.1, -0.05) is 311 Å². The Balaban J connectivity index is 5.26. The van der Waals surface area contributed by atoms with Gasteiger partial charge in [-0.15, -0.1) is 0 Å². The molecule has 19 heteroatoms. The molecule has 3 N–H and O–H groups in total. The second kappa shape index (κ2) is 63.1. The number of phosphoric ester groups is 2. The van der Waals surface area contributed by atoms with E-state index in [1.807, 2.05) is 0 Å². The molecule has 0 radical (unpaired) electrons. The molecular formula is C71H138O17P2. The number of aliphatic hydroxyl groups excluding tert-OH is 1. The van der Waals surface area contributed by atoms with E-state index in [0.29, 0.717) is 25.7 Å². The number of carbonyl (C=O) groups excluding carboxylic acids is 4. The van der Waals surface area contributed by atoms with Crippen molar-refractivity contribution in [3.05, 3.63) is 0 Å². The van der Waals surface area contributed by atoms with Crippen molar-refractivity contribution in [2.24, 2.45) is 11.8 Å². The normalized spacial score (nSPS) is 14.4. The van der Waals surface area contributed by atoms with Crippen molar-refractivity contribution in [3.8, 4) is 0 Å². The van der Waals surface area contributed by atoms with E-state index < -0.39 is 97.5 Å². The number of phosphoric acid groups is 2. The van der Waals surface area contributed by atoms with Gasteiger partial charge in [-0.05, 0) is 37.5 Å². The Morgan fingerprint density at radius 1 is 0.322 bits per heavy atom. The van der Waals surface area contributed by atoms with Crippen LogP contribution >= 0.6 is 15.6 Å². The molecule has 0 bridgehead atoms. The van der Waals surface area contributed by atoms with Crippen LogP contribution in [0.3, 0.4) is 0 Å². The van der Waals surface area contributed by atoms with Gasteiger partial charge in [-0.2, -0.15) is 0 Å². The average Bonchev–Trinajstić information content (AvgIpc) is 3.72. The van der Waals surface area contributed by atoms with E-state index in [2.05, 4.69) is 41.5 Å². The summed E-state index contributed by atoms with van der Waals surface area (Å²) in [6.45, 7) is 9.53. The highest BCUT2D eigenvalue weighted by molar-refractivity contribution is 7.47. The zero-order valence-corrected chi connectivity index (χ0v) is 60.2. The first-order valence-electron chi connectivity index (χ1n) is 37.0. The fourth-order valence-corrected chi connectivity index (χ4v) is 12.3. The average molecular weight is 1330 g/mol. The molecule has 0 heterocycles. The molecule has 0 aliphatic rings. The van der Waals surface area contributed by atoms with Crippen LogP contribution in [0.4, 0.5) is 0 Å². The minimum Gasteiger partial charge on any atom is -0.462 e. The summed E-state index contributed by atoms with van der Waals surface area (Å²) in [5.74, 6) is -0.614. The maximum atomic E-state index is 13.0. The van der Waals surface area contributed by atoms with Crippen molar-refractivity contribution >= 4 is 39.5 Å². The molecular weight excluding hydrogens is 1190 g/mol. The van der Waals surface area contributed by atoms with Gasteiger partial charge in [0, 0.05) is 25.7 Å². The minimum absolute atomic E-state index is 0.106. The van der Waals surface area contributed by atoms with Crippen molar-refractivity contribution in [2.45, 2.75) is 381 Å². The molecule has 0 aliphatic heterocycles. The van der Waals surface area contributed by atoms with E-state index in [1.165, 1.54) is 173 Å². The van der Waals surface area contributed by atoms with Gasteiger partial charge in [0.2, 0.25) is 0 Å². The Bertz CT molecular complexity index is 1750. The summed E-state index contributed by atoms with van der Waals surface area (Å²) in [6, 6.07) is 0. The molecule has 0 fully saturated rings. The molecule has 3 unspecified atom stereocenters. The first-order chi connectivity index (χ1) is 43.4. The molecule has 17 nitrogen and oxygen atoms in total. The highest BCUT2D eigenvalue weighted by atomic mass is 31.2. The van der Waals surface area contributed by atoms with E-state index in [0.717, 1.165) is 108 Å². The Kier molecular flexibility index (Phi) is 61.8. The lowest BCUT2D eigenvalue weighted by atomic mass is 10.00. The van der Waals surface area contributed by atoms with Gasteiger partial charge < -0.3 is 33.8 Å². The molecule has 6 atom stereocenters. The highest BCUT2D eigenvalue weighted by Crippen LogP contribution is 2.45. The molecule has 0 amide bonds. The monoisotopic (exact) mass is 1320 g/mol. The predicted molar refractivity (Wildman–Crippen MR) is 363 cm³/mol. The number of aliphatic hydroxyl groups is 1. The summed E-state index contributed by atoms with van der Waals surface area (Å²) in [5.41, 5.74) is 0. The van der Waals surface area contributed by atoms with Crippen LogP contribution in [0.2, 0.25) is 0 Å². The first kappa shape index (κ1) is 88.1. The molecule has 0 aliphatic carbocycles. The fraction of sp³-hybridized carbons (Fsp3) is 0.944. The highest BCUT2D eigenvalue weighted by Gasteiger charge is 2.30. The maximum Gasteiger partial charge on any atom is 0.472 e. The molecule has 0 aromatic rings. The van der Waals surface area contributed by atoms with Gasteiger partial charge in [-0.25, -0.2) is 9.13 Å². The molecule has 534 valence electrons. The SMILES string of the molecule is CCCCCCCCCCCCCCCC(=O)OC[C@H](COP(=O)(O)OC[C@@H](O)COP(=O)(O)OC[C@@H](COC(=O)CCCCCCCCC(C)CC)OC(=O)CCCCCCCCCCCCCC)OC(=O)CCCCCCCCCCCCCCC(C)C. The summed E-state index contributed by atoms with van der Waals surface area (Å²) >= 11 is 0. The van der Waals surface area contributed by atoms with Crippen LogP contribution < -0.4 is 0 Å². The van der Waals surface area contributed by atoms with Crippen molar-refractivity contribution < 1.29 is 80.2 Å². The second-order valence-electron chi connectivity index (χ2n) is 26.3. The number of carbonyl (C=O) groups is 4. The van der Waals surface area contributed by atoms with Crippen LogP contribution in [0, 0.1) is 11.8 Å². The van der Waals surface area contributed by atoms with Crippen LogP contribution in [0.15, 0.2) is 0 Å². The lowest BCUT2D eigenvalue weighted by Crippen LogP contribution is -2.30. The standard InChI is InChI=1S/C71H138O17P2/c1-7-10-12-14-16-18-20-22-27-30-34-41-47-53-68(73)81-59-66(87-71(76)56-50-44-36-32-28-24-23-25-29-33-39-45-51-63(4)5)61-85-89(77,78)83-57-65(72)58-84-90(79,80)86-62-67(60-82-69(74)54-48-42-38-37-40-46-52-64(6)9-3)88-70(75)55-49-43-35-31-26-21-19-17-15-13-11-8-2/h63-67,72H,7-62H2,1-6H3,(H,77,78)(H,79,80)/t64?,65-,66-,67-/m1/s1. The predicted octanol–water partition coefficient (Wildman–Crippen LogP) is 20.4. The number of unbranched alkanes of at least 4 members (excludes halogenated alkanes) is 39. The van der Waals surface area contributed by atoms with Crippen LogP contribution in [0.1, 0.15) is 363 Å². The summed E-state index contributed by atoms with van der Waals surface area (Å²) in [4.78, 5) is 72.6. The summed E-state index contributed by atoms with van der Waals surface area (Å²) in [7, 11) is -9.90. The number of ether oxygens (including phenoxy) is 4. The van der Waals surface area contributed by atoms with Crippen LogP contribution in [-0.2, 0) is 65.4 Å². The molecule has 0 aromatic carbocycles. The van der Waals surface area contributed by atoms with E-state index in [9.17, 15) is 43.2 Å². The smallest absolute Gasteiger partial charge is 0.462 e. The lowest BCUT2D eigenvalue weighted by Gasteiger charge is -2.21. The molecule has 90 heavy (non-hydrogen) atoms. The van der Waals surface area contributed by atoms with Gasteiger partial charge in [0.05, 0.1) is 26.4 Å². The summed E-state index contributed by atoms with van der Waals surface area (Å²) < 4.78 is 68.3. The number of esters is 4. The van der Waals surface area contributed by atoms with Crippen molar-refractivity contribution in [1.82, 2.24) is 0 Å². The fourth-order valence-electron chi connectivity index (χ4n) is 10.7. The van der Waals surface area contributed by atoms with Crippen LogP contribution in [0.25, 0.3) is 0 Å². The van der Waals surface area contributed by atoms with Gasteiger partial charge >= 0.3 is 39.5 Å². The third-order valence-electron chi connectivity index (χ3n) is 16.8. The molecule has 0 saturated carbocycles. The van der Waals surface area contributed by atoms with E-state index in [4.69, 9.17) is 37.0 Å². The van der Waals surface area contributed by atoms with Crippen LogP contribution in [-0.4, -0.2) is 96.7 Å². The van der Waals surface area contributed by atoms with Crippen molar-refractivity contribution in [3.63, 3.8) is 0 Å². The Hall–Kier alpha value is -1.94. The Labute approximate surface area is 549 Å². The number of hydrogen-bond acceptors (Lipinski definition) is 15. The lowest BCUT2D eigenvalue weighted by molar-refractivity contribution is -0.161. The number of hydrogen-bond donors (Lipinski definition) is 3. The van der Waals surface area contributed by atoms with E-state index in [-0.39, 0.29) is 25.7 Å². The first-order valence-corrected chi connectivity index (χ1v) is 40.0. The zero-order chi connectivity index (χ0) is 66.5. The van der Waals surface area contributed by atoms with Crippen molar-refractivity contribution in [1.29, 1.82) is 0 Å². The van der Waals surface area contributed by atoms with Gasteiger partial charge in [0.1, 0.15) is 19.3 Å². The third-order valence-corrected chi connectivity index (χ3v) is 18.7. The summed E-state index contributed by atoms with van der Waals surface area (Å²) in [5, 5.41) is 10.6. The maximum absolute atomic E-state index is 13.0. The summed E-state index contributed by atoms with van der Waals surface area (Å²) in [6.07, 6.45) is 48.4. The Morgan fingerprint density at radius 3 is 0.844 bits per heavy atom. The Morgan fingerprint density at radius 2 is 0.567 bits per heavy atom. The van der Waals surface area contributed by atoms with Crippen molar-refractivity contribution in [2.75, 3.05) is 39.6 Å². The molecule has 0 saturated heterocycles. The zero-order valence-electron chi connectivity index (χ0n) is 58.4. The van der Waals surface area contributed by atoms with Crippen LogP contribution in [0.5, 0.6) is 0 Å². The molecule has 0 rings (SSSR count). The largest absolute Gasteiger partial charge is 0.472 e. The van der Waals surface area contributed by atoms with Gasteiger partial charge in [0.15, 0.2) is 12.2 Å². The van der Waals surface area contributed by atoms with E-state index >= 15 is 0 Å². The molecule has 0 aromatic heterocycles. The van der Waals surface area contributed by atoms with Gasteiger partial charge in [0.25, 0.3) is 0 Å². The minimum atomic E-state index is -4.95. The third kappa shape index (κ3) is 63.5.